The first-order valence-electron chi connectivity index (χ1n) is 11.0. The normalized spacial score (nSPS) is 15.5. The van der Waals surface area contributed by atoms with Crippen LogP contribution in [0.2, 0.25) is 0 Å². The van der Waals surface area contributed by atoms with E-state index in [9.17, 15) is 9.18 Å². The summed E-state index contributed by atoms with van der Waals surface area (Å²) in [7, 11) is 0. The maximum absolute atomic E-state index is 13.9. The number of amides is 1. The molecule has 0 spiro atoms. The lowest BCUT2D eigenvalue weighted by Crippen LogP contribution is -2.36. The highest BCUT2D eigenvalue weighted by atomic mass is 19.1. The number of aliphatic hydroxyl groups is 1. The third-order valence-corrected chi connectivity index (χ3v) is 6.27. The summed E-state index contributed by atoms with van der Waals surface area (Å²) in [6, 6.07) is 15.4. The standard InChI is InChI=1S/C25H30FN3O2/c1-18-16-20-6-7-21(25(31)27-11-15-30)17-24(20)29(18)22-9-13-28(14-10-22)12-8-19-4-2-3-5-23(19)26/h2-7,16-17,22,30H,8-15H2,1H3,(H,27,31). The number of nitrogens with zero attached hydrogens (tertiary/aromatic N) is 2. The Morgan fingerprint density at radius 3 is 2.68 bits per heavy atom. The Labute approximate surface area is 182 Å². The predicted octanol–water partition coefficient (Wildman–Crippen LogP) is 3.69. The van der Waals surface area contributed by atoms with Crippen LogP contribution in [0.25, 0.3) is 10.9 Å². The van der Waals surface area contributed by atoms with Crippen LogP contribution in [0.15, 0.2) is 48.5 Å². The molecule has 0 bridgehead atoms. The van der Waals surface area contributed by atoms with Gasteiger partial charge in [0.25, 0.3) is 5.91 Å². The van der Waals surface area contributed by atoms with Gasteiger partial charge >= 0.3 is 0 Å². The second kappa shape index (κ2) is 9.62. The molecule has 0 atom stereocenters. The number of hydrogen-bond donors (Lipinski definition) is 2. The number of carbonyl (C=O) groups excluding carboxylic acids is 1. The monoisotopic (exact) mass is 423 g/mol. The summed E-state index contributed by atoms with van der Waals surface area (Å²) in [6.07, 6.45) is 2.79. The van der Waals surface area contributed by atoms with Crippen molar-refractivity contribution in [1.82, 2.24) is 14.8 Å². The van der Waals surface area contributed by atoms with Gasteiger partial charge in [-0.25, -0.2) is 4.39 Å². The lowest BCUT2D eigenvalue weighted by atomic mass is 10.0. The van der Waals surface area contributed by atoms with E-state index in [2.05, 4.69) is 27.8 Å². The molecule has 2 heterocycles. The molecule has 2 N–H and O–H groups in total. The smallest absolute Gasteiger partial charge is 0.251 e. The second-order valence-corrected chi connectivity index (χ2v) is 8.32. The predicted molar refractivity (Wildman–Crippen MR) is 121 cm³/mol. The quantitative estimate of drug-likeness (QED) is 0.609. The molecule has 0 radical (unpaired) electrons. The summed E-state index contributed by atoms with van der Waals surface area (Å²) in [4.78, 5) is 14.7. The number of rotatable bonds is 7. The second-order valence-electron chi connectivity index (χ2n) is 8.32. The van der Waals surface area contributed by atoms with Gasteiger partial charge in [0, 0.05) is 49.0 Å². The van der Waals surface area contributed by atoms with Crippen LogP contribution >= 0.6 is 0 Å². The van der Waals surface area contributed by atoms with Crippen molar-refractivity contribution in [3.05, 3.63) is 71.2 Å². The van der Waals surface area contributed by atoms with Crippen LogP contribution in [0.3, 0.4) is 0 Å². The molecule has 3 aromatic rings. The Balaban J connectivity index is 1.44. The number of aryl methyl sites for hydroxylation is 1. The summed E-state index contributed by atoms with van der Waals surface area (Å²) in [5, 5.41) is 12.8. The van der Waals surface area contributed by atoms with Crippen LogP contribution in [0.4, 0.5) is 4.39 Å². The zero-order chi connectivity index (χ0) is 21.8. The molecule has 164 valence electrons. The SMILES string of the molecule is Cc1cc2ccc(C(=O)NCCO)cc2n1C1CCN(CCc2ccccc2F)CC1. The van der Waals surface area contributed by atoms with Gasteiger partial charge in [0.2, 0.25) is 0 Å². The van der Waals surface area contributed by atoms with Crippen molar-refractivity contribution >= 4 is 16.8 Å². The highest BCUT2D eigenvalue weighted by Gasteiger charge is 2.23. The number of benzene rings is 2. The van der Waals surface area contributed by atoms with Gasteiger partial charge in [0.1, 0.15) is 5.82 Å². The lowest BCUT2D eigenvalue weighted by Gasteiger charge is -2.34. The Hall–Kier alpha value is -2.70. The van der Waals surface area contributed by atoms with Crippen molar-refractivity contribution in [3.8, 4) is 0 Å². The molecule has 1 aromatic heterocycles. The average molecular weight is 424 g/mol. The molecule has 1 aliphatic heterocycles. The van der Waals surface area contributed by atoms with Gasteiger partial charge in [-0.3, -0.25) is 4.79 Å². The number of aliphatic hydroxyl groups excluding tert-OH is 1. The first kappa shape index (κ1) is 21.5. The highest BCUT2D eigenvalue weighted by molar-refractivity contribution is 5.98. The van der Waals surface area contributed by atoms with Gasteiger partial charge in [-0.2, -0.15) is 0 Å². The van der Waals surface area contributed by atoms with Crippen molar-refractivity contribution in [2.75, 3.05) is 32.8 Å². The van der Waals surface area contributed by atoms with E-state index in [4.69, 9.17) is 5.11 Å². The first-order valence-corrected chi connectivity index (χ1v) is 11.0. The van der Waals surface area contributed by atoms with E-state index in [-0.39, 0.29) is 24.9 Å². The van der Waals surface area contributed by atoms with Crippen LogP contribution in [0, 0.1) is 12.7 Å². The van der Waals surface area contributed by atoms with Crippen LogP contribution < -0.4 is 5.32 Å². The van der Waals surface area contributed by atoms with Gasteiger partial charge in [0.15, 0.2) is 0 Å². The number of hydrogen-bond acceptors (Lipinski definition) is 3. The first-order chi connectivity index (χ1) is 15.1. The largest absolute Gasteiger partial charge is 0.395 e. The molecule has 0 unspecified atom stereocenters. The van der Waals surface area contributed by atoms with Crippen molar-refractivity contribution < 1.29 is 14.3 Å². The fraction of sp³-hybridized carbons (Fsp3) is 0.400. The molecule has 1 saturated heterocycles. The molecule has 0 aliphatic carbocycles. The zero-order valence-corrected chi connectivity index (χ0v) is 18.0. The van der Waals surface area contributed by atoms with Crippen LogP contribution in [-0.2, 0) is 6.42 Å². The third kappa shape index (κ3) is 4.81. The van der Waals surface area contributed by atoms with Crippen molar-refractivity contribution in [3.63, 3.8) is 0 Å². The maximum atomic E-state index is 13.9. The number of likely N-dealkylation sites (tertiary alicyclic amines) is 1. The Kier molecular flexibility index (Phi) is 6.68. The van der Waals surface area contributed by atoms with Gasteiger partial charge in [0.05, 0.1) is 6.61 Å². The fourth-order valence-corrected chi connectivity index (χ4v) is 4.64. The number of aromatic nitrogens is 1. The molecule has 2 aromatic carbocycles. The van der Waals surface area contributed by atoms with E-state index < -0.39 is 0 Å². The van der Waals surface area contributed by atoms with E-state index in [1.54, 1.807) is 6.07 Å². The summed E-state index contributed by atoms with van der Waals surface area (Å²) >= 11 is 0. The summed E-state index contributed by atoms with van der Waals surface area (Å²) in [5.41, 5.74) is 3.68. The zero-order valence-electron chi connectivity index (χ0n) is 18.0. The number of halogens is 1. The molecule has 6 heteroatoms. The van der Waals surface area contributed by atoms with Gasteiger partial charge in [-0.15, -0.1) is 0 Å². The van der Waals surface area contributed by atoms with E-state index >= 15 is 0 Å². The Bertz CT molecular complexity index is 1050. The van der Waals surface area contributed by atoms with Crippen LogP contribution in [0.1, 0.15) is 40.5 Å². The van der Waals surface area contributed by atoms with Gasteiger partial charge in [-0.05, 0) is 61.4 Å². The molecule has 1 fully saturated rings. The summed E-state index contributed by atoms with van der Waals surface area (Å²) < 4.78 is 16.2. The average Bonchev–Trinajstić information content (AvgIpc) is 3.12. The summed E-state index contributed by atoms with van der Waals surface area (Å²) in [5.74, 6) is -0.282. The molecular formula is C25H30FN3O2. The molecular weight excluding hydrogens is 393 g/mol. The minimum Gasteiger partial charge on any atom is -0.395 e. The Morgan fingerprint density at radius 2 is 1.94 bits per heavy atom. The fourth-order valence-electron chi connectivity index (χ4n) is 4.64. The van der Waals surface area contributed by atoms with Crippen molar-refractivity contribution in [2.24, 2.45) is 0 Å². The molecule has 1 amide bonds. The topological polar surface area (TPSA) is 57.5 Å². The number of fused-ring (bicyclic) bond motifs is 1. The molecule has 1 aliphatic rings. The van der Waals surface area contributed by atoms with Crippen molar-refractivity contribution in [2.45, 2.75) is 32.2 Å². The highest BCUT2D eigenvalue weighted by Crippen LogP contribution is 2.31. The van der Waals surface area contributed by atoms with Crippen LogP contribution in [0.5, 0.6) is 0 Å². The number of piperidine rings is 1. The van der Waals surface area contributed by atoms with E-state index in [1.165, 1.54) is 11.8 Å². The van der Waals surface area contributed by atoms with Gasteiger partial charge in [-0.1, -0.05) is 24.3 Å². The molecule has 0 saturated carbocycles. The lowest BCUT2D eigenvalue weighted by molar-refractivity contribution is 0.0945. The number of carbonyl (C=O) groups is 1. The van der Waals surface area contributed by atoms with E-state index in [0.29, 0.717) is 11.6 Å². The number of nitrogens with one attached hydrogen (secondary N) is 1. The maximum Gasteiger partial charge on any atom is 0.251 e. The minimum absolute atomic E-state index is 0.0705. The molecule has 5 nitrogen and oxygen atoms in total. The Morgan fingerprint density at radius 1 is 1.16 bits per heavy atom. The van der Waals surface area contributed by atoms with Gasteiger partial charge < -0.3 is 19.9 Å². The third-order valence-electron chi connectivity index (χ3n) is 6.27. The molecule has 31 heavy (non-hydrogen) atoms. The van der Waals surface area contributed by atoms with Crippen LogP contribution in [-0.4, -0.2) is 53.3 Å². The molecule has 4 rings (SSSR count). The van der Waals surface area contributed by atoms with Crippen molar-refractivity contribution in [1.29, 1.82) is 0 Å². The minimum atomic E-state index is -0.163. The van der Waals surface area contributed by atoms with E-state index in [1.807, 2.05) is 30.3 Å². The van der Waals surface area contributed by atoms with E-state index in [0.717, 1.165) is 55.4 Å². The summed E-state index contributed by atoms with van der Waals surface area (Å²) in [6.45, 7) is 5.13.